The third-order valence-corrected chi connectivity index (χ3v) is 5.22. The summed E-state index contributed by atoms with van der Waals surface area (Å²) in [4.78, 5) is 4.15. The van der Waals surface area contributed by atoms with Crippen molar-refractivity contribution in [1.82, 2.24) is 20.3 Å². The van der Waals surface area contributed by atoms with Crippen LogP contribution in [0.1, 0.15) is 36.2 Å². The molecule has 134 valence electrons. The molecule has 3 aromatic rings. The van der Waals surface area contributed by atoms with Crippen LogP contribution < -0.4 is 4.74 Å². The van der Waals surface area contributed by atoms with Gasteiger partial charge in [0.05, 0.1) is 11.4 Å². The third kappa shape index (κ3) is 4.23. The third-order valence-electron chi connectivity index (χ3n) is 3.79. The first kappa shape index (κ1) is 16.6. The zero-order valence-corrected chi connectivity index (χ0v) is 14.6. The molecule has 8 nitrogen and oxygen atoms in total. The van der Waals surface area contributed by atoms with Gasteiger partial charge in [0.25, 0.3) is 0 Å². The van der Waals surface area contributed by atoms with Crippen LogP contribution >= 0.6 is 0 Å². The summed E-state index contributed by atoms with van der Waals surface area (Å²) in [7, 11) is -3.48. The summed E-state index contributed by atoms with van der Waals surface area (Å²) in [5.41, 5.74) is 0.330. The van der Waals surface area contributed by atoms with Gasteiger partial charge in [0, 0.05) is 12.0 Å². The van der Waals surface area contributed by atoms with Crippen molar-refractivity contribution in [1.29, 1.82) is 0 Å². The van der Waals surface area contributed by atoms with Gasteiger partial charge in [0.1, 0.15) is 11.5 Å². The van der Waals surface area contributed by atoms with Gasteiger partial charge >= 0.3 is 0 Å². The van der Waals surface area contributed by atoms with Crippen molar-refractivity contribution in [3.05, 3.63) is 59.9 Å². The Balaban J connectivity index is 1.39. The maximum absolute atomic E-state index is 12.3. The Morgan fingerprint density at radius 1 is 1.04 bits per heavy atom. The molecule has 0 aliphatic heterocycles. The van der Waals surface area contributed by atoms with E-state index in [9.17, 15) is 8.42 Å². The number of para-hydroxylation sites is 1. The van der Waals surface area contributed by atoms with E-state index in [0.717, 1.165) is 12.8 Å². The highest BCUT2D eigenvalue weighted by Gasteiger charge is 2.30. The lowest BCUT2D eigenvalue weighted by Gasteiger charge is -2.05. The van der Waals surface area contributed by atoms with Crippen LogP contribution in [-0.2, 0) is 21.3 Å². The van der Waals surface area contributed by atoms with E-state index in [1.54, 1.807) is 24.3 Å². The molecule has 26 heavy (non-hydrogen) atoms. The van der Waals surface area contributed by atoms with Gasteiger partial charge in [0.15, 0.2) is 15.7 Å². The Morgan fingerprint density at radius 2 is 1.85 bits per heavy atom. The number of ether oxygens (including phenoxy) is 1. The van der Waals surface area contributed by atoms with E-state index < -0.39 is 9.84 Å². The molecule has 1 aliphatic carbocycles. The molecular weight excluding hydrogens is 356 g/mol. The average Bonchev–Trinajstić information content (AvgIpc) is 3.37. The highest BCUT2D eigenvalue weighted by molar-refractivity contribution is 7.89. The lowest BCUT2D eigenvalue weighted by atomic mass is 10.3. The van der Waals surface area contributed by atoms with Crippen LogP contribution in [0.15, 0.2) is 47.0 Å². The summed E-state index contributed by atoms with van der Waals surface area (Å²) in [6.45, 7) is 0. The lowest BCUT2D eigenvalue weighted by Crippen LogP contribution is -2.10. The second-order valence-electron chi connectivity index (χ2n) is 6.13. The predicted molar refractivity (Wildman–Crippen MR) is 91.1 cm³/mol. The van der Waals surface area contributed by atoms with Gasteiger partial charge in [-0.1, -0.05) is 23.4 Å². The molecule has 0 atom stereocenters. The zero-order chi connectivity index (χ0) is 18.0. The molecular formula is C17H16N4O4S. The predicted octanol–water partition coefficient (Wildman–Crippen LogP) is 2.64. The van der Waals surface area contributed by atoms with E-state index in [0.29, 0.717) is 29.1 Å². The van der Waals surface area contributed by atoms with Gasteiger partial charge in [-0.25, -0.2) is 8.42 Å². The van der Waals surface area contributed by atoms with Gasteiger partial charge in [-0.15, -0.1) is 5.10 Å². The van der Waals surface area contributed by atoms with Crippen molar-refractivity contribution in [3.8, 4) is 11.6 Å². The Labute approximate surface area is 150 Å². The van der Waals surface area contributed by atoms with Gasteiger partial charge in [-0.2, -0.15) is 10.1 Å². The van der Waals surface area contributed by atoms with Crippen molar-refractivity contribution in [3.63, 3.8) is 0 Å². The van der Waals surface area contributed by atoms with Crippen molar-refractivity contribution < 1.29 is 17.7 Å². The monoisotopic (exact) mass is 372 g/mol. The highest BCUT2D eigenvalue weighted by Crippen LogP contribution is 2.38. The van der Waals surface area contributed by atoms with Gasteiger partial charge in [0.2, 0.25) is 11.8 Å². The lowest BCUT2D eigenvalue weighted by molar-refractivity contribution is 0.375. The molecule has 4 rings (SSSR count). The van der Waals surface area contributed by atoms with Crippen LogP contribution in [0.3, 0.4) is 0 Å². The average molecular weight is 372 g/mol. The molecule has 0 amide bonds. The number of hydrogen-bond acceptors (Lipinski definition) is 8. The molecule has 1 aromatic carbocycles. The number of benzene rings is 1. The molecule has 2 heterocycles. The molecule has 2 aromatic heterocycles. The summed E-state index contributed by atoms with van der Waals surface area (Å²) < 4.78 is 35.3. The summed E-state index contributed by atoms with van der Waals surface area (Å²) in [6.07, 6.45) is 2.03. The normalized spacial score (nSPS) is 14.3. The van der Waals surface area contributed by atoms with Crippen molar-refractivity contribution in [2.75, 3.05) is 0 Å². The van der Waals surface area contributed by atoms with E-state index in [-0.39, 0.29) is 17.3 Å². The standard InChI is InChI=1S/C17H16N4O4S/c22-26(23,11-15-18-17(25-21-15)12-6-7-12)10-13-8-9-16(20-19-13)24-14-4-2-1-3-5-14/h1-5,8-9,12H,6-7,10-11H2. The smallest absolute Gasteiger partial charge is 0.238 e. The fourth-order valence-electron chi connectivity index (χ4n) is 2.38. The number of rotatable bonds is 7. The summed E-state index contributed by atoms with van der Waals surface area (Å²) in [5.74, 6) is 1.39. The molecule has 9 heteroatoms. The van der Waals surface area contributed by atoms with Crippen LogP contribution in [0.25, 0.3) is 0 Å². The number of nitrogens with zero attached hydrogens (tertiary/aromatic N) is 4. The van der Waals surface area contributed by atoms with Crippen LogP contribution in [0.4, 0.5) is 0 Å². The Hall–Kier alpha value is -2.81. The van der Waals surface area contributed by atoms with E-state index in [2.05, 4.69) is 20.3 Å². The zero-order valence-electron chi connectivity index (χ0n) is 13.8. The minimum absolute atomic E-state index is 0.184. The molecule has 0 bridgehead atoms. The molecule has 0 unspecified atom stereocenters. The van der Waals surface area contributed by atoms with Crippen LogP contribution in [0.5, 0.6) is 11.6 Å². The summed E-state index contributed by atoms with van der Waals surface area (Å²) in [5, 5.41) is 11.6. The first-order valence-corrected chi connectivity index (χ1v) is 9.98. The minimum Gasteiger partial charge on any atom is -0.438 e. The first-order valence-electron chi connectivity index (χ1n) is 8.16. The molecule has 1 aliphatic rings. The SMILES string of the molecule is O=S(=O)(Cc1ccc(Oc2ccccc2)nn1)Cc1noc(C2CC2)n1. The fraction of sp³-hybridized carbons (Fsp3) is 0.294. The van der Waals surface area contributed by atoms with E-state index in [4.69, 9.17) is 9.26 Å². The first-order chi connectivity index (χ1) is 12.6. The molecule has 0 N–H and O–H groups in total. The second-order valence-corrected chi connectivity index (χ2v) is 8.20. The van der Waals surface area contributed by atoms with Gasteiger partial charge in [-0.3, -0.25) is 0 Å². The van der Waals surface area contributed by atoms with Crippen LogP contribution in [0.2, 0.25) is 0 Å². The number of aromatic nitrogens is 4. The molecule has 1 fully saturated rings. The largest absolute Gasteiger partial charge is 0.438 e. The van der Waals surface area contributed by atoms with E-state index in [1.165, 1.54) is 0 Å². The second kappa shape index (κ2) is 6.83. The van der Waals surface area contributed by atoms with Crippen molar-refractivity contribution >= 4 is 9.84 Å². The van der Waals surface area contributed by atoms with Crippen molar-refractivity contribution in [2.24, 2.45) is 0 Å². The van der Waals surface area contributed by atoms with Gasteiger partial charge < -0.3 is 9.26 Å². The molecule has 0 saturated heterocycles. The Kier molecular flexibility index (Phi) is 4.37. The maximum Gasteiger partial charge on any atom is 0.238 e. The fourth-order valence-corrected chi connectivity index (χ4v) is 3.60. The van der Waals surface area contributed by atoms with Gasteiger partial charge in [-0.05, 0) is 31.0 Å². The topological polar surface area (TPSA) is 108 Å². The van der Waals surface area contributed by atoms with E-state index >= 15 is 0 Å². The Morgan fingerprint density at radius 3 is 2.54 bits per heavy atom. The molecule has 1 saturated carbocycles. The quantitative estimate of drug-likeness (QED) is 0.623. The number of sulfone groups is 1. The van der Waals surface area contributed by atoms with E-state index in [1.807, 2.05) is 18.2 Å². The van der Waals surface area contributed by atoms with Crippen LogP contribution in [0, 0.1) is 0 Å². The Bertz CT molecular complexity index is 983. The molecule has 0 radical (unpaired) electrons. The number of hydrogen-bond donors (Lipinski definition) is 0. The maximum atomic E-state index is 12.3. The summed E-state index contributed by atoms with van der Waals surface area (Å²) in [6, 6.07) is 12.3. The molecule has 0 spiro atoms. The minimum atomic E-state index is -3.48. The highest BCUT2D eigenvalue weighted by atomic mass is 32.2. The van der Waals surface area contributed by atoms with Crippen molar-refractivity contribution in [2.45, 2.75) is 30.3 Å². The van der Waals surface area contributed by atoms with Crippen LogP contribution in [-0.4, -0.2) is 28.8 Å². The summed E-state index contributed by atoms with van der Waals surface area (Å²) >= 11 is 0.